The highest BCUT2D eigenvalue weighted by Crippen LogP contribution is 2.63. The molecule has 3 aliphatic rings. The van der Waals surface area contributed by atoms with Crippen molar-refractivity contribution in [2.24, 2.45) is 11.8 Å². The number of aryl methyl sites for hydroxylation is 2. The van der Waals surface area contributed by atoms with Gasteiger partial charge in [-0.25, -0.2) is 0 Å². The summed E-state index contributed by atoms with van der Waals surface area (Å²) in [7, 11) is 1.70. The van der Waals surface area contributed by atoms with Gasteiger partial charge in [-0.2, -0.15) is 0 Å². The van der Waals surface area contributed by atoms with Gasteiger partial charge in [0.1, 0.15) is 11.6 Å². The lowest BCUT2D eigenvalue weighted by Crippen LogP contribution is -2.57. The van der Waals surface area contributed by atoms with E-state index in [-0.39, 0.29) is 37.4 Å². The zero-order valence-electron chi connectivity index (χ0n) is 22.4. The molecular weight excluding hydrogens is 470 g/mol. The highest BCUT2D eigenvalue weighted by Gasteiger charge is 2.78. The number of anilines is 1. The maximum Gasteiger partial charge on any atom is 0.253 e. The van der Waals surface area contributed by atoms with Crippen LogP contribution in [0.4, 0.5) is 5.69 Å². The zero-order chi connectivity index (χ0) is 27.1. The Kier molecular flexibility index (Phi) is 7.36. The summed E-state index contributed by atoms with van der Waals surface area (Å²) in [6, 6.07) is 4.96. The third-order valence-electron chi connectivity index (χ3n) is 8.40. The number of ether oxygens (including phenoxy) is 1. The Balaban J connectivity index is 1.83. The second-order valence-electron chi connectivity index (χ2n) is 10.8. The van der Waals surface area contributed by atoms with Crippen molar-refractivity contribution in [1.29, 1.82) is 0 Å². The Hall–Kier alpha value is -2.97. The molecular formula is C29H39N3O5. The maximum absolute atomic E-state index is 14.5. The molecule has 1 N–H and O–H groups in total. The van der Waals surface area contributed by atoms with Crippen molar-refractivity contribution in [2.45, 2.75) is 57.3 Å². The molecule has 3 heterocycles. The molecule has 0 aromatic heterocycles. The van der Waals surface area contributed by atoms with E-state index in [1.165, 1.54) is 0 Å². The van der Waals surface area contributed by atoms with Gasteiger partial charge in [-0.15, -0.1) is 13.2 Å². The molecule has 0 radical (unpaired) electrons. The van der Waals surface area contributed by atoms with Crippen molar-refractivity contribution in [2.75, 3.05) is 38.2 Å². The van der Waals surface area contributed by atoms with E-state index in [9.17, 15) is 19.5 Å². The van der Waals surface area contributed by atoms with Gasteiger partial charge in [-0.1, -0.05) is 30.4 Å². The van der Waals surface area contributed by atoms with E-state index in [1.54, 1.807) is 33.9 Å². The number of fused-ring (bicyclic) bond motifs is 1. The lowest BCUT2D eigenvalue weighted by molar-refractivity contribution is -0.149. The molecule has 0 aliphatic carbocycles. The first-order valence-electron chi connectivity index (χ1n) is 13.0. The van der Waals surface area contributed by atoms with Crippen molar-refractivity contribution in [3.8, 4) is 0 Å². The summed E-state index contributed by atoms with van der Waals surface area (Å²) in [5.74, 6) is -2.12. The standard InChI is InChI=1S/C29H39N3O5/c1-7-15-30(6)25(34)21-22-26(35)32(17-10-18-33)24(29(22)14-13-28(21,5)37-29)27(36)31(16-8-2)23-19(3)11-9-12-20(23)4/h7-9,11-12,21-22,24,33H,1-2,10,13-18H2,3-6H3/t21-,22+,24?,28+,29?/m1/s1. The monoisotopic (exact) mass is 509 g/mol. The quantitative estimate of drug-likeness (QED) is 0.490. The van der Waals surface area contributed by atoms with Crippen LogP contribution < -0.4 is 4.90 Å². The fraction of sp³-hybridized carbons (Fsp3) is 0.552. The molecule has 3 fully saturated rings. The third-order valence-corrected chi connectivity index (χ3v) is 8.40. The second kappa shape index (κ2) is 10.1. The molecule has 2 unspecified atom stereocenters. The van der Waals surface area contributed by atoms with Crippen LogP contribution in [-0.2, 0) is 19.1 Å². The highest BCUT2D eigenvalue weighted by atomic mass is 16.5. The van der Waals surface area contributed by atoms with Crippen LogP contribution >= 0.6 is 0 Å². The third kappa shape index (κ3) is 4.10. The van der Waals surface area contributed by atoms with Crippen molar-refractivity contribution in [1.82, 2.24) is 9.80 Å². The minimum atomic E-state index is -1.11. The molecule has 3 saturated heterocycles. The molecule has 1 spiro atoms. The van der Waals surface area contributed by atoms with E-state index in [1.807, 2.05) is 39.0 Å². The number of hydrogen-bond donors (Lipinski definition) is 1. The number of likely N-dealkylation sites (tertiary alicyclic amines) is 1. The largest absolute Gasteiger partial charge is 0.396 e. The average Bonchev–Trinajstić information content (AvgIpc) is 3.42. The molecule has 0 saturated carbocycles. The normalized spacial score (nSPS) is 29.8. The van der Waals surface area contributed by atoms with Gasteiger partial charge < -0.3 is 24.5 Å². The smallest absolute Gasteiger partial charge is 0.253 e. The molecule has 1 aromatic rings. The molecule has 2 bridgehead atoms. The number of amides is 3. The van der Waals surface area contributed by atoms with Crippen molar-refractivity contribution in [3.63, 3.8) is 0 Å². The van der Waals surface area contributed by atoms with Gasteiger partial charge in [0.25, 0.3) is 5.91 Å². The lowest BCUT2D eigenvalue weighted by atomic mass is 9.66. The number of aliphatic hydroxyl groups is 1. The van der Waals surface area contributed by atoms with Crippen LogP contribution in [0.1, 0.15) is 37.3 Å². The van der Waals surface area contributed by atoms with Gasteiger partial charge >= 0.3 is 0 Å². The maximum atomic E-state index is 14.5. The fourth-order valence-corrected chi connectivity index (χ4v) is 6.88. The van der Waals surface area contributed by atoms with Crippen LogP contribution in [0.2, 0.25) is 0 Å². The Bertz CT molecular complexity index is 1100. The number of nitrogens with zero attached hydrogens (tertiary/aromatic N) is 3. The Morgan fingerprint density at radius 2 is 1.81 bits per heavy atom. The molecule has 3 amide bonds. The van der Waals surface area contributed by atoms with Gasteiger partial charge in [0.15, 0.2) is 0 Å². The van der Waals surface area contributed by atoms with E-state index in [4.69, 9.17) is 4.74 Å². The van der Waals surface area contributed by atoms with Gasteiger partial charge in [0.05, 0.1) is 17.4 Å². The van der Waals surface area contributed by atoms with E-state index in [0.717, 1.165) is 16.8 Å². The van der Waals surface area contributed by atoms with Crippen molar-refractivity contribution in [3.05, 3.63) is 54.6 Å². The summed E-state index contributed by atoms with van der Waals surface area (Å²) in [6.07, 6.45) is 4.75. The summed E-state index contributed by atoms with van der Waals surface area (Å²) < 4.78 is 6.70. The number of likely N-dealkylation sites (N-methyl/N-ethyl adjacent to an activating group) is 1. The van der Waals surface area contributed by atoms with Crippen LogP contribution in [0.5, 0.6) is 0 Å². The first-order chi connectivity index (χ1) is 17.6. The van der Waals surface area contributed by atoms with Gasteiger partial charge in [0.2, 0.25) is 11.8 Å². The van der Waals surface area contributed by atoms with E-state index in [2.05, 4.69) is 13.2 Å². The van der Waals surface area contributed by atoms with Crippen LogP contribution in [0, 0.1) is 25.7 Å². The Morgan fingerprint density at radius 1 is 1.16 bits per heavy atom. The van der Waals surface area contributed by atoms with E-state index >= 15 is 0 Å². The molecule has 3 aliphatic heterocycles. The predicted octanol–water partition coefficient (Wildman–Crippen LogP) is 2.61. The highest BCUT2D eigenvalue weighted by molar-refractivity contribution is 6.05. The minimum absolute atomic E-state index is 0.112. The second-order valence-corrected chi connectivity index (χ2v) is 10.8. The number of rotatable bonds is 10. The van der Waals surface area contributed by atoms with Gasteiger partial charge in [-0.05, 0) is 51.2 Å². The van der Waals surface area contributed by atoms with Crippen molar-refractivity contribution >= 4 is 23.4 Å². The Labute approximate surface area is 219 Å². The minimum Gasteiger partial charge on any atom is -0.396 e. The molecule has 8 nitrogen and oxygen atoms in total. The van der Waals surface area contributed by atoms with Crippen LogP contribution in [0.25, 0.3) is 0 Å². The summed E-state index contributed by atoms with van der Waals surface area (Å²) in [5.41, 5.74) is 0.732. The van der Waals surface area contributed by atoms with E-state index in [0.29, 0.717) is 25.8 Å². The SMILES string of the molecule is C=CCN(C)C(=O)[C@H]1[C@H]2C(=O)N(CCCO)C(C(=O)N(CC=C)c3c(C)cccc3C)C23CC[C@]1(C)O3. The first-order valence-corrected chi connectivity index (χ1v) is 13.0. The Morgan fingerprint density at radius 3 is 2.41 bits per heavy atom. The van der Waals surface area contributed by atoms with Gasteiger partial charge in [-0.3, -0.25) is 14.4 Å². The first kappa shape index (κ1) is 27.1. The molecule has 5 atom stereocenters. The molecule has 37 heavy (non-hydrogen) atoms. The number of carbonyl (C=O) groups is 3. The van der Waals surface area contributed by atoms with Crippen LogP contribution in [0.3, 0.4) is 0 Å². The van der Waals surface area contributed by atoms with Crippen LogP contribution in [0.15, 0.2) is 43.5 Å². The molecule has 4 rings (SSSR count). The average molecular weight is 510 g/mol. The molecule has 200 valence electrons. The molecule has 1 aromatic carbocycles. The number of aliphatic hydroxyl groups excluding tert-OH is 1. The lowest BCUT2D eigenvalue weighted by Gasteiger charge is -2.37. The van der Waals surface area contributed by atoms with Crippen molar-refractivity contribution < 1.29 is 24.2 Å². The van der Waals surface area contributed by atoms with E-state index < -0.39 is 29.1 Å². The summed E-state index contributed by atoms with van der Waals surface area (Å²) in [5, 5.41) is 9.58. The topological polar surface area (TPSA) is 90.4 Å². The summed E-state index contributed by atoms with van der Waals surface area (Å²) in [6.45, 7) is 14.1. The summed E-state index contributed by atoms with van der Waals surface area (Å²) in [4.78, 5) is 47.1. The number of carbonyl (C=O) groups excluding carboxylic acids is 3. The van der Waals surface area contributed by atoms with Crippen LogP contribution in [-0.4, -0.2) is 83.2 Å². The van der Waals surface area contributed by atoms with Gasteiger partial charge in [0, 0.05) is 39.0 Å². The fourth-order valence-electron chi connectivity index (χ4n) is 6.88. The molecule has 8 heteroatoms. The zero-order valence-corrected chi connectivity index (χ0v) is 22.4. The number of hydrogen-bond acceptors (Lipinski definition) is 5. The summed E-state index contributed by atoms with van der Waals surface area (Å²) >= 11 is 0. The number of para-hydroxylation sites is 1. The number of benzene rings is 1. The predicted molar refractivity (Wildman–Crippen MR) is 142 cm³/mol.